The molecule has 1 saturated heterocycles. The standard InChI is InChI=1S/C17H26N2O/c1-14(2)12-16(18-13-20)15-8-4-5-9-17(15)19-10-6-3-7-11-19/h4-5,8-9,13-14,16H,3,6-7,10-12H2,1-2H3,(H,18,20). The topological polar surface area (TPSA) is 32.3 Å². The second-order valence-electron chi connectivity index (χ2n) is 6.07. The van der Waals surface area contributed by atoms with Crippen molar-refractivity contribution in [2.45, 2.75) is 45.6 Å². The second kappa shape index (κ2) is 7.32. The SMILES string of the molecule is CC(C)CC(NC=O)c1ccccc1N1CCCCC1. The van der Waals surface area contributed by atoms with E-state index < -0.39 is 0 Å². The number of para-hydroxylation sites is 1. The number of benzene rings is 1. The number of hydrogen-bond donors (Lipinski definition) is 1. The van der Waals surface area contributed by atoms with E-state index in [1.165, 1.54) is 30.5 Å². The van der Waals surface area contributed by atoms with E-state index in [0.29, 0.717) is 5.92 Å². The summed E-state index contributed by atoms with van der Waals surface area (Å²) in [6, 6.07) is 8.64. The molecule has 0 radical (unpaired) electrons. The Kier molecular flexibility index (Phi) is 5.45. The van der Waals surface area contributed by atoms with Crippen molar-refractivity contribution in [3.05, 3.63) is 29.8 Å². The molecule has 1 amide bonds. The number of piperidine rings is 1. The molecule has 20 heavy (non-hydrogen) atoms. The van der Waals surface area contributed by atoms with Gasteiger partial charge in [0.05, 0.1) is 6.04 Å². The van der Waals surface area contributed by atoms with E-state index in [9.17, 15) is 4.79 Å². The van der Waals surface area contributed by atoms with Gasteiger partial charge in [-0.3, -0.25) is 4.79 Å². The summed E-state index contributed by atoms with van der Waals surface area (Å²) < 4.78 is 0. The van der Waals surface area contributed by atoms with Crippen molar-refractivity contribution in [3.8, 4) is 0 Å². The van der Waals surface area contributed by atoms with E-state index in [1.807, 2.05) is 0 Å². The van der Waals surface area contributed by atoms with E-state index in [-0.39, 0.29) is 6.04 Å². The van der Waals surface area contributed by atoms with Crippen LogP contribution in [0.2, 0.25) is 0 Å². The molecule has 0 aliphatic carbocycles. The molecule has 3 nitrogen and oxygen atoms in total. The summed E-state index contributed by atoms with van der Waals surface area (Å²) in [7, 11) is 0. The quantitative estimate of drug-likeness (QED) is 0.805. The van der Waals surface area contributed by atoms with Gasteiger partial charge in [-0.1, -0.05) is 32.0 Å². The predicted octanol–water partition coefficient (Wildman–Crippen LogP) is 3.51. The average Bonchev–Trinajstić information content (AvgIpc) is 2.47. The summed E-state index contributed by atoms with van der Waals surface area (Å²) in [6.07, 6.45) is 5.68. The van der Waals surface area contributed by atoms with E-state index in [4.69, 9.17) is 0 Å². The highest BCUT2D eigenvalue weighted by molar-refractivity contribution is 5.57. The van der Waals surface area contributed by atoms with Crippen LogP contribution in [0.4, 0.5) is 5.69 Å². The Morgan fingerprint density at radius 3 is 2.55 bits per heavy atom. The van der Waals surface area contributed by atoms with Crippen LogP contribution in [0.1, 0.15) is 51.1 Å². The van der Waals surface area contributed by atoms with Crippen molar-refractivity contribution in [1.29, 1.82) is 0 Å². The molecule has 1 fully saturated rings. The normalized spacial score (nSPS) is 17.1. The molecule has 0 spiro atoms. The Morgan fingerprint density at radius 1 is 1.20 bits per heavy atom. The zero-order valence-electron chi connectivity index (χ0n) is 12.6. The van der Waals surface area contributed by atoms with Crippen LogP contribution in [-0.2, 0) is 4.79 Å². The molecule has 3 heteroatoms. The zero-order valence-corrected chi connectivity index (χ0v) is 12.6. The lowest BCUT2D eigenvalue weighted by Gasteiger charge is -2.32. The molecule has 0 bridgehead atoms. The number of carbonyl (C=O) groups excluding carboxylic acids is 1. The van der Waals surface area contributed by atoms with Gasteiger partial charge in [0, 0.05) is 18.8 Å². The second-order valence-corrected chi connectivity index (χ2v) is 6.07. The van der Waals surface area contributed by atoms with Crippen LogP contribution >= 0.6 is 0 Å². The molecule has 1 N–H and O–H groups in total. The van der Waals surface area contributed by atoms with Crippen molar-refractivity contribution < 1.29 is 4.79 Å². The number of anilines is 1. The smallest absolute Gasteiger partial charge is 0.207 e. The number of carbonyl (C=O) groups is 1. The maximum Gasteiger partial charge on any atom is 0.207 e. The van der Waals surface area contributed by atoms with Gasteiger partial charge in [-0.25, -0.2) is 0 Å². The molecule has 1 aliphatic rings. The minimum absolute atomic E-state index is 0.116. The summed E-state index contributed by atoms with van der Waals surface area (Å²) in [5.41, 5.74) is 2.56. The highest BCUT2D eigenvalue weighted by atomic mass is 16.1. The lowest BCUT2D eigenvalue weighted by Crippen LogP contribution is -2.32. The van der Waals surface area contributed by atoms with Crippen LogP contribution in [0, 0.1) is 5.92 Å². The van der Waals surface area contributed by atoms with Gasteiger partial charge < -0.3 is 10.2 Å². The van der Waals surface area contributed by atoms with Crippen molar-refractivity contribution in [1.82, 2.24) is 5.32 Å². The van der Waals surface area contributed by atoms with E-state index in [2.05, 4.69) is 48.3 Å². The molecule has 1 aromatic carbocycles. The Morgan fingerprint density at radius 2 is 1.90 bits per heavy atom. The van der Waals surface area contributed by atoms with Crippen LogP contribution in [-0.4, -0.2) is 19.5 Å². The van der Waals surface area contributed by atoms with Gasteiger partial charge in [-0.05, 0) is 43.2 Å². The zero-order chi connectivity index (χ0) is 14.4. The van der Waals surface area contributed by atoms with E-state index in [1.54, 1.807) is 0 Å². The van der Waals surface area contributed by atoms with Crippen molar-refractivity contribution in [2.24, 2.45) is 5.92 Å². The first kappa shape index (κ1) is 14.9. The van der Waals surface area contributed by atoms with Gasteiger partial charge in [0.1, 0.15) is 0 Å². The number of nitrogens with zero attached hydrogens (tertiary/aromatic N) is 1. The largest absolute Gasteiger partial charge is 0.371 e. The van der Waals surface area contributed by atoms with Crippen LogP contribution in [0.3, 0.4) is 0 Å². The molecule has 1 aromatic rings. The first-order valence-corrected chi connectivity index (χ1v) is 7.76. The molecule has 1 unspecified atom stereocenters. The maximum absolute atomic E-state index is 10.9. The van der Waals surface area contributed by atoms with Gasteiger partial charge in [-0.2, -0.15) is 0 Å². The van der Waals surface area contributed by atoms with E-state index >= 15 is 0 Å². The molecule has 1 atom stereocenters. The Balaban J connectivity index is 2.25. The number of amides is 1. The molecule has 0 saturated carbocycles. The number of rotatable bonds is 6. The molecular weight excluding hydrogens is 248 g/mol. The number of nitrogens with one attached hydrogen (secondary N) is 1. The Hall–Kier alpha value is -1.51. The third-order valence-electron chi connectivity index (χ3n) is 3.99. The predicted molar refractivity (Wildman–Crippen MR) is 83.9 cm³/mol. The summed E-state index contributed by atoms with van der Waals surface area (Å²) in [5.74, 6) is 0.557. The average molecular weight is 274 g/mol. The summed E-state index contributed by atoms with van der Waals surface area (Å²) in [6.45, 7) is 6.66. The van der Waals surface area contributed by atoms with Crippen molar-refractivity contribution in [2.75, 3.05) is 18.0 Å². The molecular formula is C17H26N2O. The van der Waals surface area contributed by atoms with Gasteiger partial charge >= 0.3 is 0 Å². The third-order valence-corrected chi connectivity index (χ3v) is 3.99. The van der Waals surface area contributed by atoms with Crippen molar-refractivity contribution >= 4 is 12.1 Å². The number of hydrogen-bond acceptors (Lipinski definition) is 2. The first-order chi connectivity index (χ1) is 9.72. The fourth-order valence-electron chi connectivity index (χ4n) is 3.04. The lowest BCUT2D eigenvalue weighted by atomic mass is 9.94. The fraction of sp³-hybridized carbons (Fsp3) is 0.588. The van der Waals surface area contributed by atoms with Crippen LogP contribution in [0.25, 0.3) is 0 Å². The summed E-state index contributed by atoms with van der Waals surface area (Å²) in [5, 5.41) is 3.00. The van der Waals surface area contributed by atoms with Crippen LogP contribution in [0.15, 0.2) is 24.3 Å². The van der Waals surface area contributed by atoms with E-state index in [0.717, 1.165) is 25.9 Å². The molecule has 110 valence electrons. The van der Waals surface area contributed by atoms with Gasteiger partial charge in [0.2, 0.25) is 6.41 Å². The minimum Gasteiger partial charge on any atom is -0.371 e. The fourth-order valence-corrected chi connectivity index (χ4v) is 3.04. The molecule has 0 aromatic heterocycles. The van der Waals surface area contributed by atoms with Gasteiger partial charge in [0.25, 0.3) is 0 Å². The molecule has 1 heterocycles. The third kappa shape index (κ3) is 3.75. The molecule has 1 aliphatic heterocycles. The van der Waals surface area contributed by atoms with Crippen molar-refractivity contribution in [3.63, 3.8) is 0 Å². The minimum atomic E-state index is 0.116. The summed E-state index contributed by atoms with van der Waals surface area (Å²) >= 11 is 0. The highest BCUT2D eigenvalue weighted by Crippen LogP contribution is 2.31. The monoisotopic (exact) mass is 274 g/mol. The summed E-state index contributed by atoms with van der Waals surface area (Å²) in [4.78, 5) is 13.4. The first-order valence-electron chi connectivity index (χ1n) is 7.76. The maximum atomic E-state index is 10.9. The Labute approximate surface area is 122 Å². The highest BCUT2D eigenvalue weighted by Gasteiger charge is 2.20. The van der Waals surface area contributed by atoms with Gasteiger partial charge in [-0.15, -0.1) is 0 Å². The van der Waals surface area contributed by atoms with Crippen LogP contribution < -0.4 is 10.2 Å². The lowest BCUT2D eigenvalue weighted by molar-refractivity contribution is -0.110. The Bertz CT molecular complexity index is 425. The molecule has 2 rings (SSSR count). The van der Waals surface area contributed by atoms with Crippen LogP contribution in [0.5, 0.6) is 0 Å². The van der Waals surface area contributed by atoms with Gasteiger partial charge in [0.15, 0.2) is 0 Å².